The highest BCUT2D eigenvalue weighted by Gasteiger charge is 2.23. The van der Waals surface area contributed by atoms with Crippen molar-refractivity contribution in [3.8, 4) is 0 Å². The number of fused-ring (bicyclic) bond motifs is 1. The summed E-state index contributed by atoms with van der Waals surface area (Å²) < 4.78 is 0. The molecule has 0 aliphatic carbocycles. The maximum Gasteiger partial charge on any atom is 0.244 e. The van der Waals surface area contributed by atoms with Gasteiger partial charge in [0.15, 0.2) is 0 Å². The van der Waals surface area contributed by atoms with Gasteiger partial charge in [-0.25, -0.2) is 5.48 Å². The molecule has 1 aliphatic heterocycles. The van der Waals surface area contributed by atoms with Crippen LogP contribution in [0.25, 0.3) is 0 Å². The number of anilines is 1. The maximum atomic E-state index is 11.5. The molecule has 0 spiro atoms. The third-order valence-electron chi connectivity index (χ3n) is 2.70. The lowest BCUT2D eigenvalue weighted by Gasteiger charge is -2.09. The van der Waals surface area contributed by atoms with Gasteiger partial charge in [-0.2, -0.15) is 0 Å². The molecular formula is C12H16N2O2. The van der Waals surface area contributed by atoms with Crippen LogP contribution in [0.4, 0.5) is 5.69 Å². The highest BCUT2D eigenvalue weighted by molar-refractivity contribution is 5.77. The van der Waals surface area contributed by atoms with E-state index in [1.165, 1.54) is 5.56 Å². The van der Waals surface area contributed by atoms with E-state index in [1.807, 2.05) is 25.1 Å². The summed E-state index contributed by atoms with van der Waals surface area (Å²) in [5.74, 6) is 0.182. The van der Waals surface area contributed by atoms with E-state index in [1.54, 1.807) is 0 Å². The summed E-state index contributed by atoms with van der Waals surface area (Å²) in [5, 5.41) is 3.29. The molecule has 86 valence electrons. The predicted molar refractivity (Wildman–Crippen MR) is 62.1 cm³/mol. The van der Waals surface area contributed by atoms with Crippen molar-refractivity contribution < 1.29 is 9.63 Å². The van der Waals surface area contributed by atoms with E-state index in [0.29, 0.717) is 13.0 Å². The molecule has 2 N–H and O–H groups in total. The van der Waals surface area contributed by atoms with E-state index in [4.69, 9.17) is 4.84 Å². The molecule has 1 aliphatic rings. The van der Waals surface area contributed by atoms with Crippen LogP contribution in [-0.2, 0) is 9.63 Å². The van der Waals surface area contributed by atoms with Crippen LogP contribution in [0.15, 0.2) is 24.3 Å². The van der Waals surface area contributed by atoms with Crippen molar-refractivity contribution in [1.82, 2.24) is 5.48 Å². The zero-order chi connectivity index (χ0) is 11.4. The Morgan fingerprint density at radius 1 is 1.56 bits per heavy atom. The molecule has 0 saturated heterocycles. The monoisotopic (exact) mass is 220 g/mol. The molecule has 1 amide bonds. The van der Waals surface area contributed by atoms with Gasteiger partial charge < -0.3 is 5.32 Å². The van der Waals surface area contributed by atoms with Crippen LogP contribution < -0.4 is 10.8 Å². The minimum Gasteiger partial charge on any atom is -0.384 e. The summed E-state index contributed by atoms with van der Waals surface area (Å²) in [5.41, 5.74) is 4.78. The fourth-order valence-corrected chi connectivity index (χ4v) is 1.96. The van der Waals surface area contributed by atoms with Crippen LogP contribution in [0.2, 0.25) is 0 Å². The number of para-hydroxylation sites is 1. The number of amides is 1. The Kier molecular flexibility index (Phi) is 3.41. The third-order valence-corrected chi connectivity index (χ3v) is 2.70. The van der Waals surface area contributed by atoms with Crippen molar-refractivity contribution in [3.05, 3.63) is 29.8 Å². The molecule has 1 aromatic carbocycles. The molecule has 0 aromatic heterocycles. The second-order valence-electron chi connectivity index (χ2n) is 3.83. The molecule has 0 fully saturated rings. The molecule has 0 saturated carbocycles. The fraction of sp³-hybridized carbons (Fsp3) is 0.417. The van der Waals surface area contributed by atoms with E-state index in [2.05, 4.69) is 16.9 Å². The number of nitrogens with one attached hydrogen (secondary N) is 2. The highest BCUT2D eigenvalue weighted by atomic mass is 16.6. The molecule has 1 atom stereocenters. The van der Waals surface area contributed by atoms with Crippen LogP contribution >= 0.6 is 0 Å². The number of hydrogen-bond acceptors (Lipinski definition) is 3. The first-order chi connectivity index (χ1) is 7.81. The first-order valence-corrected chi connectivity index (χ1v) is 5.54. The zero-order valence-electron chi connectivity index (χ0n) is 9.32. The van der Waals surface area contributed by atoms with Gasteiger partial charge in [0.1, 0.15) is 0 Å². The van der Waals surface area contributed by atoms with Gasteiger partial charge in [0.25, 0.3) is 0 Å². The van der Waals surface area contributed by atoms with Crippen LogP contribution in [0.3, 0.4) is 0 Å². The van der Waals surface area contributed by atoms with Crippen LogP contribution in [0.5, 0.6) is 0 Å². The summed E-state index contributed by atoms with van der Waals surface area (Å²) in [7, 11) is 0. The van der Waals surface area contributed by atoms with E-state index in [-0.39, 0.29) is 11.8 Å². The van der Waals surface area contributed by atoms with E-state index in [9.17, 15) is 4.79 Å². The highest BCUT2D eigenvalue weighted by Crippen LogP contribution is 2.32. The Bertz CT molecular complexity index is 379. The first-order valence-electron chi connectivity index (χ1n) is 5.54. The summed E-state index contributed by atoms with van der Waals surface area (Å²) in [6.45, 7) is 3.15. The van der Waals surface area contributed by atoms with E-state index >= 15 is 0 Å². The normalized spacial score (nSPS) is 17.7. The fourth-order valence-electron chi connectivity index (χ4n) is 1.96. The summed E-state index contributed by atoms with van der Waals surface area (Å²) in [6.07, 6.45) is 0.462. The van der Waals surface area contributed by atoms with Crippen molar-refractivity contribution in [2.75, 3.05) is 18.5 Å². The van der Waals surface area contributed by atoms with Gasteiger partial charge in [0, 0.05) is 24.6 Å². The molecule has 2 rings (SSSR count). The van der Waals surface area contributed by atoms with Crippen molar-refractivity contribution in [2.45, 2.75) is 19.3 Å². The number of hydrogen-bond donors (Lipinski definition) is 2. The summed E-state index contributed by atoms with van der Waals surface area (Å²) in [4.78, 5) is 16.4. The average molecular weight is 220 g/mol. The minimum atomic E-state index is -0.0645. The number of benzene rings is 1. The van der Waals surface area contributed by atoms with Crippen molar-refractivity contribution in [2.24, 2.45) is 0 Å². The van der Waals surface area contributed by atoms with Crippen molar-refractivity contribution in [1.29, 1.82) is 0 Å². The Balaban J connectivity index is 1.95. The Hall–Kier alpha value is -1.55. The molecule has 1 aromatic rings. The summed E-state index contributed by atoms with van der Waals surface area (Å²) >= 11 is 0. The van der Waals surface area contributed by atoms with Gasteiger partial charge in [0.05, 0.1) is 6.61 Å². The molecule has 1 heterocycles. The molecular weight excluding hydrogens is 204 g/mol. The third kappa shape index (κ3) is 2.33. The quantitative estimate of drug-likeness (QED) is 0.759. The van der Waals surface area contributed by atoms with Gasteiger partial charge >= 0.3 is 0 Å². The second-order valence-corrected chi connectivity index (χ2v) is 3.83. The lowest BCUT2D eigenvalue weighted by atomic mass is 9.98. The van der Waals surface area contributed by atoms with Crippen molar-refractivity contribution >= 4 is 11.6 Å². The molecule has 1 unspecified atom stereocenters. The van der Waals surface area contributed by atoms with Crippen LogP contribution in [0, 0.1) is 0 Å². The Labute approximate surface area is 94.9 Å². The number of carbonyl (C=O) groups excluding carboxylic acids is 1. The van der Waals surface area contributed by atoms with Crippen LogP contribution in [0.1, 0.15) is 24.8 Å². The van der Waals surface area contributed by atoms with Crippen LogP contribution in [-0.4, -0.2) is 19.1 Å². The van der Waals surface area contributed by atoms with Gasteiger partial charge in [-0.15, -0.1) is 0 Å². The molecule has 16 heavy (non-hydrogen) atoms. The van der Waals surface area contributed by atoms with Gasteiger partial charge in [0.2, 0.25) is 5.91 Å². The van der Waals surface area contributed by atoms with Gasteiger partial charge in [-0.3, -0.25) is 9.63 Å². The average Bonchev–Trinajstić information content (AvgIpc) is 2.70. The van der Waals surface area contributed by atoms with E-state index in [0.717, 1.165) is 12.2 Å². The Morgan fingerprint density at radius 2 is 2.38 bits per heavy atom. The molecule has 4 heteroatoms. The topological polar surface area (TPSA) is 50.4 Å². The minimum absolute atomic E-state index is 0.0645. The predicted octanol–water partition coefficient (Wildman–Crippen LogP) is 1.65. The van der Waals surface area contributed by atoms with E-state index < -0.39 is 0 Å². The van der Waals surface area contributed by atoms with Gasteiger partial charge in [-0.1, -0.05) is 18.2 Å². The number of rotatable bonds is 4. The van der Waals surface area contributed by atoms with Crippen molar-refractivity contribution in [3.63, 3.8) is 0 Å². The number of carbonyl (C=O) groups is 1. The largest absolute Gasteiger partial charge is 0.384 e. The van der Waals surface area contributed by atoms with Gasteiger partial charge in [-0.05, 0) is 18.6 Å². The second kappa shape index (κ2) is 4.99. The number of hydroxylamine groups is 1. The molecule has 0 bridgehead atoms. The first kappa shape index (κ1) is 11.0. The maximum absolute atomic E-state index is 11.5. The smallest absolute Gasteiger partial charge is 0.244 e. The summed E-state index contributed by atoms with van der Waals surface area (Å²) in [6, 6.07) is 8.09. The lowest BCUT2D eigenvalue weighted by Crippen LogP contribution is -2.25. The Morgan fingerprint density at radius 3 is 3.19 bits per heavy atom. The molecule has 0 radical (unpaired) electrons. The zero-order valence-corrected chi connectivity index (χ0v) is 9.32. The standard InChI is InChI=1S/C12H16N2O2/c1-2-16-14-12(15)7-9-8-13-11-6-4-3-5-10(9)11/h3-6,9,13H,2,7-8H2,1H3,(H,14,15). The SMILES string of the molecule is CCONC(=O)CC1CNc2ccccc21. The molecule has 4 nitrogen and oxygen atoms in total. The lowest BCUT2D eigenvalue weighted by molar-refractivity contribution is -0.133.